The molecule has 0 unspecified atom stereocenters. The quantitative estimate of drug-likeness (QED) is 0.588. The minimum absolute atomic E-state index is 0.0517. The second-order valence-corrected chi connectivity index (χ2v) is 3.71. The van der Waals surface area contributed by atoms with Crippen molar-refractivity contribution in [1.82, 2.24) is 0 Å². The van der Waals surface area contributed by atoms with Crippen LogP contribution in [0.4, 0.5) is 5.69 Å². The van der Waals surface area contributed by atoms with Gasteiger partial charge in [-0.05, 0) is 24.3 Å². The first-order chi connectivity index (χ1) is 6.68. The third-order valence-electron chi connectivity index (χ3n) is 2.62. The van der Waals surface area contributed by atoms with Gasteiger partial charge in [0.2, 0.25) is 0 Å². The Balaban J connectivity index is 2.16. The Morgan fingerprint density at radius 3 is 2.36 bits per heavy atom. The van der Waals surface area contributed by atoms with Crippen molar-refractivity contribution in [1.29, 1.82) is 0 Å². The Hall–Kier alpha value is -1.42. The lowest BCUT2D eigenvalue weighted by Gasteiger charge is -2.09. The Morgan fingerprint density at radius 2 is 1.93 bits per heavy atom. The topological polar surface area (TPSA) is 69.2 Å². The van der Waals surface area contributed by atoms with Gasteiger partial charge >= 0.3 is 0 Å². The fourth-order valence-electron chi connectivity index (χ4n) is 1.55. The summed E-state index contributed by atoms with van der Waals surface area (Å²) in [7, 11) is 0. The molecule has 1 atom stereocenters. The third-order valence-corrected chi connectivity index (χ3v) is 2.62. The van der Waals surface area contributed by atoms with Gasteiger partial charge in [0.15, 0.2) is 0 Å². The molecule has 1 saturated carbocycles. The average Bonchev–Trinajstić information content (AvgIpc) is 3.00. The summed E-state index contributed by atoms with van der Waals surface area (Å²) in [4.78, 5) is 10.0. The van der Waals surface area contributed by atoms with Gasteiger partial charge in [-0.25, -0.2) is 0 Å². The van der Waals surface area contributed by atoms with Crippen LogP contribution in [0.2, 0.25) is 0 Å². The minimum atomic E-state index is -0.396. The van der Waals surface area contributed by atoms with Crippen molar-refractivity contribution in [3.8, 4) is 0 Å². The molecule has 2 N–H and O–H groups in total. The highest BCUT2D eigenvalue weighted by Gasteiger charge is 2.29. The second-order valence-electron chi connectivity index (χ2n) is 3.71. The first-order valence-electron chi connectivity index (χ1n) is 4.68. The van der Waals surface area contributed by atoms with E-state index in [0.29, 0.717) is 5.92 Å². The van der Waals surface area contributed by atoms with E-state index in [1.165, 1.54) is 25.0 Å². The molecule has 1 aliphatic carbocycles. The zero-order valence-corrected chi connectivity index (χ0v) is 7.72. The molecular formula is C10H12N2O2. The molecule has 14 heavy (non-hydrogen) atoms. The third kappa shape index (κ3) is 1.75. The molecule has 1 aromatic rings. The average molecular weight is 192 g/mol. The van der Waals surface area contributed by atoms with Gasteiger partial charge < -0.3 is 5.73 Å². The number of hydrogen-bond acceptors (Lipinski definition) is 3. The van der Waals surface area contributed by atoms with Crippen LogP contribution >= 0.6 is 0 Å². The fraction of sp³-hybridized carbons (Fsp3) is 0.400. The van der Waals surface area contributed by atoms with Crippen LogP contribution in [0.5, 0.6) is 0 Å². The summed E-state index contributed by atoms with van der Waals surface area (Å²) in [6, 6.07) is 6.58. The molecule has 0 amide bonds. The molecule has 0 heterocycles. The monoisotopic (exact) mass is 192 g/mol. The maximum Gasteiger partial charge on any atom is 0.269 e. The first kappa shape index (κ1) is 9.15. The summed E-state index contributed by atoms with van der Waals surface area (Å²) in [6.07, 6.45) is 2.36. The largest absolute Gasteiger partial charge is 0.324 e. The number of nitrogens with two attached hydrogens (primary N) is 1. The van der Waals surface area contributed by atoms with E-state index in [2.05, 4.69) is 0 Å². The molecule has 74 valence electrons. The standard InChI is InChI=1S/C10H12N2O2/c11-10(7-1-2-7)8-3-5-9(6-4-8)12(13)14/h3-7,10H,1-2,11H2/t10-/m1/s1. The Morgan fingerprint density at radius 1 is 1.36 bits per heavy atom. The van der Waals surface area contributed by atoms with E-state index in [1.807, 2.05) is 0 Å². The lowest BCUT2D eigenvalue weighted by Crippen LogP contribution is -2.11. The number of nitrogens with zero attached hydrogens (tertiary/aromatic N) is 1. The van der Waals surface area contributed by atoms with Crippen molar-refractivity contribution in [2.45, 2.75) is 18.9 Å². The molecule has 4 nitrogen and oxygen atoms in total. The van der Waals surface area contributed by atoms with Gasteiger partial charge in [0, 0.05) is 18.2 Å². The van der Waals surface area contributed by atoms with E-state index < -0.39 is 4.92 Å². The number of non-ortho nitro benzene ring substituents is 1. The normalized spacial score (nSPS) is 17.8. The molecule has 1 aliphatic rings. The van der Waals surface area contributed by atoms with E-state index in [-0.39, 0.29) is 11.7 Å². The molecule has 0 aliphatic heterocycles. The molecule has 0 spiro atoms. The number of nitro groups is 1. The van der Waals surface area contributed by atoms with Gasteiger partial charge in [-0.15, -0.1) is 0 Å². The summed E-state index contributed by atoms with van der Waals surface area (Å²) in [5, 5.41) is 10.4. The number of rotatable bonds is 3. The van der Waals surface area contributed by atoms with Crippen molar-refractivity contribution in [2.24, 2.45) is 11.7 Å². The van der Waals surface area contributed by atoms with Crippen molar-refractivity contribution >= 4 is 5.69 Å². The highest BCUT2D eigenvalue weighted by atomic mass is 16.6. The minimum Gasteiger partial charge on any atom is -0.324 e. The van der Waals surface area contributed by atoms with Crippen molar-refractivity contribution in [2.75, 3.05) is 0 Å². The van der Waals surface area contributed by atoms with Gasteiger partial charge in [-0.2, -0.15) is 0 Å². The predicted molar refractivity (Wildman–Crippen MR) is 52.7 cm³/mol. The molecule has 0 bridgehead atoms. The molecule has 4 heteroatoms. The maximum atomic E-state index is 10.4. The molecule has 0 aromatic heterocycles. The van der Waals surface area contributed by atoms with Gasteiger partial charge in [-0.3, -0.25) is 10.1 Å². The first-order valence-corrected chi connectivity index (χ1v) is 4.68. The highest BCUT2D eigenvalue weighted by Crippen LogP contribution is 2.39. The number of benzene rings is 1. The predicted octanol–water partition coefficient (Wildman–Crippen LogP) is 2.00. The van der Waals surface area contributed by atoms with Crippen molar-refractivity contribution in [3.63, 3.8) is 0 Å². The van der Waals surface area contributed by atoms with E-state index in [0.717, 1.165) is 5.56 Å². The van der Waals surface area contributed by atoms with Crippen LogP contribution in [0.25, 0.3) is 0 Å². The van der Waals surface area contributed by atoms with Crippen LogP contribution in [0.1, 0.15) is 24.4 Å². The highest BCUT2D eigenvalue weighted by molar-refractivity contribution is 5.34. The molecule has 0 saturated heterocycles. The zero-order valence-electron chi connectivity index (χ0n) is 7.72. The van der Waals surface area contributed by atoms with E-state index in [4.69, 9.17) is 5.73 Å². The Labute approximate surface area is 81.9 Å². The molecule has 2 rings (SSSR count). The van der Waals surface area contributed by atoms with Crippen LogP contribution in [-0.2, 0) is 0 Å². The lowest BCUT2D eigenvalue weighted by atomic mass is 10.0. The smallest absolute Gasteiger partial charge is 0.269 e. The summed E-state index contributed by atoms with van der Waals surface area (Å²) in [6.45, 7) is 0. The second kappa shape index (κ2) is 3.38. The van der Waals surface area contributed by atoms with Crippen LogP contribution < -0.4 is 5.73 Å². The van der Waals surface area contributed by atoms with Crippen LogP contribution in [-0.4, -0.2) is 4.92 Å². The van der Waals surface area contributed by atoms with Crippen molar-refractivity contribution in [3.05, 3.63) is 39.9 Å². The van der Waals surface area contributed by atoms with Gasteiger partial charge in [0.25, 0.3) is 5.69 Å². The van der Waals surface area contributed by atoms with E-state index in [9.17, 15) is 10.1 Å². The summed E-state index contributed by atoms with van der Waals surface area (Å²) < 4.78 is 0. The summed E-state index contributed by atoms with van der Waals surface area (Å²) >= 11 is 0. The van der Waals surface area contributed by atoms with Crippen LogP contribution in [0.3, 0.4) is 0 Å². The number of nitro benzene ring substituents is 1. The van der Waals surface area contributed by atoms with Gasteiger partial charge in [-0.1, -0.05) is 12.1 Å². The van der Waals surface area contributed by atoms with Gasteiger partial charge in [0.05, 0.1) is 4.92 Å². The van der Waals surface area contributed by atoms with E-state index in [1.54, 1.807) is 12.1 Å². The molecule has 0 radical (unpaired) electrons. The maximum absolute atomic E-state index is 10.4. The summed E-state index contributed by atoms with van der Waals surface area (Å²) in [5.74, 6) is 0.580. The molecular weight excluding hydrogens is 180 g/mol. The Bertz CT molecular complexity index is 344. The fourth-order valence-corrected chi connectivity index (χ4v) is 1.55. The SMILES string of the molecule is N[C@@H](c1ccc([N+](=O)[O-])cc1)C1CC1. The van der Waals surface area contributed by atoms with E-state index >= 15 is 0 Å². The van der Waals surface area contributed by atoms with Crippen molar-refractivity contribution < 1.29 is 4.92 Å². The number of hydrogen-bond donors (Lipinski definition) is 1. The zero-order chi connectivity index (χ0) is 10.1. The van der Waals surface area contributed by atoms with Crippen LogP contribution in [0, 0.1) is 16.0 Å². The molecule has 1 aromatic carbocycles. The Kier molecular flexibility index (Phi) is 2.21. The molecule has 1 fully saturated rings. The van der Waals surface area contributed by atoms with Gasteiger partial charge in [0.1, 0.15) is 0 Å². The summed E-state index contributed by atoms with van der Waals surface area (Å²) in [5.41, 5.74) is 7.08. The lowest BCUT2D eigenvalue weighted by molar-refractivity contribution is -0.384. The van der Waals surface area contributed by atoms with Crippen LogP contribution in [0.15, 0.2) is 24.3 Å².